The number of nitrogens with zero attached hydrogens (tertiary/aromatic N) is 2. The first-order chi connectivity index (χ1) is 7.56. The molecule has 0 aromatic carbocycles. The van der Waals surface area contributed by atoms with E-state index >= 15 is 0 Å². The van der Waals surface area contributed by atoms with Crippen LogP contribution < -0.4 is 0 Å². The Balaban J connectivity index is 2.43. The number of hydrogen-bond donors (Lipinski definition) is 1. The fourth-order valence-corrected chi connectivity index (χ4v) is 2.72. The number of nitrogens with one attached hydrogen (secondary N) is 1. The summed E-state index contributed by atoms with van der Waals surface area (Å²) in [5.41, 5.74) is 0.107. The van der Waals surface area contributed by atoms with Crippen molar-refractivity contribution >= 4 is 12.2 Å². The number of aromatic amines is 1. The number of hydrogen-bond acceptors (Lipinski definition) is 2. The Morgan fingerprint density at radius 1 is 1.44 bits per heavy atom. The summed E-state index contributed by atoms with van der Waals surface area (Å²) in [5, 5.41) is 7.42. The Hall–Kier alpha value is -0.640. The van der Waals surface area contributed by atoms with Crippen LogP contribution in [0.2, 0.25) is 0 Å². The highest BCUT2D eigenvalue weighted by Gasteiger charge is 2.29. The van der Waals surface area contributed by atoms with Crippen LogP contribution in [-0.4, -0.2) is 14.8 Å². The third-order valence-corrected chi connectivity index (χ3v) is 4.17. The van der Waals surface area contributed by atoms with E-state index in [9.17, 15) is 0 Å². The van der Waals surface area contributed by atoms with Crippen molar-refractivity contribution in [2.24, 2.45) is 0 Å². The van der Waals surface area contributed by atoms with Crippen molar-refractivity contribution in [3.8, 4) is 0 Å². The standard InChI is InChI=1S/C12H21N3S/c1-4-12(2,3)10-13-14-11(16)15(10)9-7-5-6-8-9/h9H,4-8H2,1-3H3,(H,14,16). The van der Waals surface area contributed by atoms with Gasteiger partial charge in [-0.1, -0.05) is 33.6 Å². The van der Waals surface area contributed by atoms with E-state index < -0.39 is 0 Å². The third kappa shape index (κ3) is 1.95. The molecule has 16 heavy (non-hydrogen) atoms. The summed E-state index contributed by atoms with van der Waals surface area (Å²) < 4.78 is 3.06. The van der Waals surface area contributed by atoms with Gasteiger partial charge in [-0.05, 0) is 31.5 Å². The predicted molar refractivity (Wildman–Crippen MR) is 68.2 cm³/mol. The van der Waals surface area contributed by atoms with Crippen LogP contribution in [0.5, 0.6) is 0 Å². The zero-order valence-electron chi connectivity index (χ0n) is 10.4. The largest absolute Gasteiger partial charge is 0.301 e. The Morgan fingerprint density at radius 3 is 2.62 bits per heavy atom. The monoisotopic (exact) mass is 239 g/mol. The van der Waals surface area contributed by atoms with Crippen molar-refractivity contribution in [1.29, 1.82) is 0 Å². The second kappa shape index (κ2) is 4.32. The maximum absolute atomic E-state index is 5.37. The third-order valence-electron chi connectivity index (χ3n) is 3.88. The molecule has 0 amide bonds. The van der Waals surface area contributed by atoms with Gasteiger partial charge < -0.3 is 4.57 Å². The van der Waals surface area contributed by atoms with Crippen molar-refractivity contribution < 1.29 is 0 Å². The van der Waals surface area contributed by atoms with Gasteiger partial charge in [0.1, 0.15) is 5.82 Å². The molecule has 1 fully saturated rings. The van der Waals surface area contributed by atoms with E-state index in [1.165, 1.54) is 25.7 Å². The summed E-state index contributed by atoms with van der Waals surface area (Å²) in [7, 11) is 0. The van der Waals surface area contributed by atoms with Crippen LogP contribution >= 0.6 is 12.2 Å². The van der Waals surface area contributed by atoms with E-state index in [4.69, 9.17) is 12.2 Å². The first-order valence-corrected chi connectivity index (χ1v) is 6.64. The van der Waals surface area contributed by atoms with Crippen LogP contribution in [0.3, 0.4) is 0 Å². The lowest BCUT2D eigenvalue weighted by atomic mass is 9.89. The molecule has 0 bridgehead atoms. The highest BCUT2D eigenvalue weighted by Crippen LogP contribution is 2.34. The summed E-state index contributed by atoms with van der Waals surface area (Å²) in [6, 6.07) is 0.576. The van der Waals surface area contributed by atoms with Gasteiger partial charge in [0.25, 0.3) is 0 Å². The molecule has 3 nitrogen and oxygen atoms in total. The van der Waals surface area contributed by atoms with Crippen molar-refractivity contribution in [2.75, 3.05) is 0 Å². The lowest BCUT2D eigenvalue weighted by Gasteiger charge is -2.25. The molecule has 1 aliphatic rings. The van der Waals surface area contributed by atoms with E-state index in [2.05, 4.69) is 35.5 Å². The van der Waals surface area contributed by atoms with Crippen LogP contribution in [-0.2, 0) is 5.41 Å². The highest BCUT2D eigenvalue weighted by atomic mass is 32.1. The minimum Gasteiger partial charge on any atom is -0.301 e. The van der Waals surface area contributed by atoms with Crippen LogP contribution in [0.25, 0.3) is 0 Å². The minimum atomic E-state index is 0.107. The molecule has 0 aliphatic heterocycles. The number of H-pyrrole nitrogens is 1. The van der Waals surface area contributed by atoms with Gasteiger partial charge in [0, 0.05) is 11.5 Å². The molecule has 4 heteroatoms. The number of rotatable bonds is 3. The molecule has 1 heterocycles. The van der Waals surface area contributed by atoms with Crippen molar-refractivity contribution in [1.82, 2.24) is 14.8 Å². The molecule has 0 radical (unpaired) electrons. The fraction of sp³-hybridized carbons (Fsp3) is 0.833. The maximum Gasteiger partial charge on any atom is 0.195 e. The summed E-state index contributed by atoms with van der Waals surface area (Å²) in [4.78, 5) is 0. The first-order valence-electron chi connectivity index (χ1n) is 6.23. The molecule has 1 aromatic rings. The minimum absolute atomic E-state index is 0.107. The molecule has 0 unspecified atom stereocenters. The van der Waals surface area contributed by atoms with Gasteiger partial charge in [0.05, 0.1) is 0 Å². The Morgan fingerprint density at radius 2 is 2.06 bits per heavy atom. The molecule has 1 N–H and O–H groups in total. The topological polar surface area (TPSA) is 33.6 Å². The molecular weight excluding hydrogens is 218 g/mol. The molecule has 90 valence electrons. The van der Waals surface area contributed by atoms with Gasteiger partial charge in [-0.2, -0.15) is 5.10 Å². The molecule has 0 atom stereocenters. The van der Waals surface area contributed by atoms with E-state index in [1.54, 1.807) is 0 Å². The summed E-state index contributed by atoms with van der Waals surface area (Å²) in [5.74, 6) is 1.13. The molecule has 0 spiro atoms. The van der Waals surface area contributed by atoms with Gasteiger partial charge in [0.15, 0.2) is 4.77 Å². The SMILES string of the molecule is CCC(C)(C)c1n[nH]c(=S)n1C1CCCC1. The van der Waals surface area contributed by atoms with E-state index in [0.29, 0.717) is 6.04 Å². The van der Waals surface area contributed by atoms with Gasteiger partial charge in [0.2, 0.25) is 0 Å². The van der Waals surface area contributed by atoms with E-state index in [0.717, 1.165) is 17.0 Å². The van der Waals surface area contributed by atoms with Crippen LogP contribution in [0, 0.1) is 4.77 Å². The van der Waals surface area contributed by atoms with E-state index in [-0.39, 0.29) is 5.41 Å². The number of aromatic nitrogens is 3. The smallest absolute Gasteiger partial charge is 0.195 e. The predicted octanol–water partition coefficient (Wildman–Crippen LogP) is 3.74. The van der Waals surface area contributed by atoms with Gasteiger partial charge in [-0.25, -0.2) is 0 Å². The van der Waals surface area contributed by atoms with Crippen LogP contribution in [0.4, 0.5) is 0 Å². The molecule has 2 rings (SSSR count). The lowest BCUT2D eigenvalue weighted by molar-refractivity contribution is 0.403. The molecule has 0 saturated heterocycles. The molecule has 1 aliphatic carbocycles. The highest BCUT2D eigenvalue weighted by molar-refractivity contribution is 7.71. The van der Waals surface area contributed by atoms with E-state index in [1.807, 2.05) is 0 Å². The van der Waals surface area contributed by atoms with Crippen molar-refractivity contribution in [2.45, 2.75) is 64.3 Å². The molecule has 1 saturated carbocycles. The van der Waals surface area contributed by atoms with Gasteiger partial charge in [-0.15, -0.1) is 0 Å². The van der Waals surface area contributed by atoms with Crippen LogP contribution in [0.1, 0.15) is 64.7 Å². The second-order valence-electron chi connectivity index (χ2n) is 5.40. The average Bonchev–Trinajstić information content (AvgIpc) is 2.86. The summed E-state index contributed by atoms with van der Waals surface area (Å²) >= 11 is 5.37. The maximum atomic E-state index is 5.37. The zero-order chi connectivity index (χ0) is 11.8. The van der Waals surface area contributed by atoms with Crippen molar-refractivity contribution in [3.63, 3.8) is 0 Å². The zero-order valence-corrected chi connectivity index (χ0v) is 11.2. The van der Waals surface area contributed by atoms with Gasteiger partial charge in [-0.3, -0.25) is 5.10 Å². The summed E-state index contributed by atoms with van der Waals surface area (Å²) in [6.07, 6.45) is 6.23. The Kier molecular flexibility index (Phi) is 3.19. The average molecular weight is 239 g/mol. The Bertz CT molecular complexity index is 410. The lowest BCUT2D eigenvalue weighted by Crippen LogP contribution is -2.23. The normalized spacial score (nSPS) is 18.2. The van der Waals surface area contributed by atoms with Crippen molar-refractivity contribution in [3.05, 3.63) is 10.6 Å². The van der Waals surface area contributed by atoms with Gasteiger partial charge >= 0.3 is 0 Å². The summed E-state index contributed by atoms with van der Waals surface area (Å²) in [6.45, 7) is 6.68. The second-order valence-corrected chi connectivity index (χ2v) is 5.78. The fourth-order valence-electron chi connectivity index (χ4n) is 2.44. The quantitative estimate of drug-likeness (QED) is 0.815. The van der Waals surface area contributed by atoms with Crippen LogP contribution in [0.15, 0.2) is 0 Å². The molecule has 1 aromatic heterocycles. The Labute approximate surface area is 102 Å². The first kappa shape index (κ1) is 11.8. The molecular formula is C12H21N3S.